The summed E-state index contributed by atoms with van der Waals surface area (Å²) in [5, 5.41) is 2.71. The first kappa shape index (κ1) is 16.1. The molecule has 0 fully saturated rings. The van der Waals surface area contributed by atoms with E-state index in [0.29, 0.717) is 17.9 Å². The van der Waals surface area contributed by atoms with Gasteiger partial charge in [-0.1, -0.05) is 24.3 Å². The van der Waals surface area contributed by atoms with Crippen LogP contribution in [0.2, 0.25) is 0 Å². The molecule has 1 N–H and O–H groups in total. The number of anilines is 1. The molecule has 22 heavy (non-hydrogen) atoms. The van der Waals surface area contributed by atoms with Crippen molar-refractivity contribution in [1.82, 2.24) is 0 Å². The fourth-order valence-electron chi connectivity index (χ4n) is 2.36. The first-order chi connectivity index (χ1) is 10.6. The second kappa shape index (κ2) is 7.64. The van der Waals surface area contributed by atoms with Gasteiger partial charge in [0.15, 0.2) is 6.10 Å². The summed E-state index contributed by atoms with van der Waals surface area (Å²) in [7, 11) is 1.53. The van der Waals surface area contributed by atoms with Gasteiger partial charge in [0.05, 0.1) is 19.2 Å². The quantitative estimate of drug-likeness (QED) is 0.648. The predicted octanol–water partition coefficient (Wildman–Crippen LogP) is 2.92. The van der Waals surface area contributed by atoms with Gasteiger partial charge in [-0.3, -0.25) is 9.59 Å². The van der Waals surface area contributed by atoms with Crippen LogP contribution >= 0.6 is 0 Å². The summed E-state index contributed by atoms with van der Waals surface area (Å²) in [4.78, 5) is 23.9. The number of carbonyl (C=O) groups excluding carboxylic acids is 2. The van der Waals surface area contributed by atoms with Gasteiger partial charge in [-0.2, -0.15) is 0 Å². The molecule has 0 saturated heterocycles. The highest BCUT2D eigenvalue weighted by Crippen LogP contribution is 2.24. The smallest absolute Gasteiger partial charge is 0.307 e. The monoisotopic (exact) mass is 303 g/mol. The summed E-state index contributed by atoms with van der Waals surface area (Å²) in [6, 6.07) is 7.08. The minimum atomic E-state index is -0.845. The predicted molar refractivity (Wildman–Crippen MR) is 83.7 cm³/mol. The molecule has 0 heterocycles. The number of nitrogens with one attached hydrogen (secondary N) is 1. The first-order valence-corrected chi connectivity index (χ1v) is 7.40. The van der Waals surface area contributed by atoms with Gasteiger partial charge in [-0.05, 0) is 37.8 Å². The van der Waals surface area contributed by atoms with E-state index in [-0.39, 0.29) is 17.8 Å². The van der Waals surface area contributed by atoms with Crippen LogP contribution in [0.5, 0.6) is 5.75 Å². The third kappa shape index (κ3) is 4.35. The van der Waals surface area contributed by atoms with E-state index in [1.54, 1.807) is 25.1 Å². The van der Waals surface area contributed by atoms with Gasteiger partial charge in [0, 0.05) is 0 Å². The molecule has 1 amide bonds. The highest BCUT2D eigenvalue weighted by Gasteiger charge is 2.21. The van der Waals surface area contributed by atoms with E-state index in [0.717, 1.165) is 12.8 Å². The standard InChI is InChI=1S/C17H21NO4/c1-12(22-16(19)11-13-7-3-4-8-13)17(20)18-14-9-5-6-10-15(14)21-2/h3,5-7,9-10,12-13H,4,8,11H2,1-2H3,(H,18,20)/t12-,13+/m1/s1. The average molecular weight is 303 g/mol. The molecule has 2 rings (SSSR count). The Balaban J connectivity index is 1.86. The van der Waals surface area contributed by atoms with Crippen LogP contribution < -0.4 is 10.1 Å². The fraction of sp³-hybridized carbons (Fsp3) is 0.412. The zero-order chi connectivity index (χ0) is 15.9. The number of hydrogen-bond donors (Lipinski definition) is 1. The van der Waals surface area contributed by atoms with Gasteiger partial charge >= 0.3 is 5.97 Å². The summed E-state index contributed by atoms with van der Waals surface area (Å²) >= 11 is 0. The number of para-hydroxylation sites is 2. The van der Waals surface area contributed by atoms with Crippen molar-refractivity contribution < 1.29 is 19.1 Å². The van der Waals surface area contributed by atoms with Crippen LogP contribution in [0, 0.1) is 5.92 Å². The SMILES string of the molecule is COc1ccccc1NC(=O)[C@@H](C)OC(=O)C[C@H]1C=CCC1. The Morgan fingerprint density at radius 1 is 1.36 bits per heavy atom. The largest absolute Gasteiger partial charge is 0.495 e. The molecule has 5 nitrogen and oxygen atoms in total. The van der Waals surface area contributed by atoms with E-state index >= 15 is 0 Å². The number of allylic oxidation sites excluding steroid dienone is 2. The maximum Gasteiger partial charge on any atom is 0.307 e. The zero-order valence-corrected chi connectivity index (χ0v) is 12.9. The Kier molecular flexibility index (Phi) is 5.58. The first-order valence-electron chi connectivity index (χ1n) is 7.40. The zero-order valence-electron chi connectivity index (χ0n) is 12.9. The van der Waals surface area contributed by atoms with Crippen molar-refractivity contribution in [3.63, 3.8) is 0 Å². The molecule has 0 radical (unpaired) electrons. The number of carbonyl (C=O) groups is 2. The molecule has 5 heteroatoms. The van der Waals surface area contributed by atoms with Crippen LogP contribution in [0.15, 0.2) is 36.4 Å². The van der Waals surface area contributed by atoms with Crippen LogP contribution in [-0.2, 0) is 14.3 Å². The molecule has 0 bridgehead atoms. The van der Waals surface area contributed by atoms with Crippen LogP contribution in [0.3, 0.4) is 0 Å². The van der Waals surface area contributed by atoms with Crippen LogP contribution in [0.1, 0.15) is 26.2 Å². The summed E-state index contributed by atoms with van der Waals surface area (Å²) < 4.78 is 10.4. The Bertz CT molecular complexity index is 568. The number of hydrogen-bond acceptors (Lipinski definition) is 4. The molecule has 0 saturated carbocycles. The molecule has 1 aliphatic rings. The summed E-state index contributed by atoms with van der Waals surface area (Å²) in [6.45, 7) is 1.56. The molecule has 1 aliphatic carbocycles. The van der Waals surface area contributed by atoms with Crippen molar-refractivity contribution in [3.8, 4) is 5.75 Å². The Hall–Kier alpha value is -2.30. The average Bonchev–Trinajstić information content (AvgIpc) is 3.00. The van der Waals surface area contributed by atoms with Crippen molar-refractivity contribution in [2.24, 2.45) is 5.92 Å². The summed E-state index contributed by atoms with van der Waals surface area (Å²) in [6.07, 6.45) is 5.54. The van der Waals surface area contributed by atoms with E-state index in [9.17, 15) is 9.59 Å². The van der Waals surface area contributed by atoms with Crippen molar-refractivity contribution in [3.05, 3.63) is 36.4 Å². The van der Waals surface area contributed by atoms with Gasteiger partial charge < -0.3 is 14.8 Å². The second-order valence-electron chi connectivity index (χ2n) is 5.29. The minimum absolute atomic E-state index is 0.233. The maximum atomic E-state index is 12.1. The number of ether oxygens (including phenoxy) is 2. The van der Waals surface area contributed by atoms with E-state index in [1.165, 1.54) is 7.11 Å². The van der Waals surface area contributed by atoms with Gasteiger partial charge in [0.25, 0.3) is 5.91 Å². The van der Waals surface area contributed by atoms with E-state index in [2.05, 4.69) is 11.4 Å². The Morgan fingerprint density at radius 3 is 2.82 bits per heavy atom. The van der Waals surface area contributed by atoms with Crippen LogP contribution in [0.4, 0.5) is 5.69 Å². The van der Waals surface area contributed by atoms with Gasteiger partial charge in [-0.25, -0.2) is 0 Å². The molecule has 0 aromatic heterocycles. The Labute approximate surface area is 130 Å². The number of rotatable bonds is 6. The van der Waals surface area contributed by atoms with Crippen LogP contribution in [-0.4, -0.2) is 25.1 Å². The number of methoxy groups -OCH3 is 1. The van der Waals surface area contributed by atoms with Crippen molar-refractivity contribution >= 4 is 17.6 Å². The number of amides is 1. The third-order valence-electron chi connectivity index (χ3n) is 3.58. The summed E-state index contributed by atoms with van der Waals surface area (Å²) in [5.41, 5.74) is 0.552. The highest BCUT2D eigenvalue weighted by molar-refractivity contribution is 5.96. The molecule has 0 unspecified atom stereocenters. The van der Waals surface area contributed by atoms with E-state index in [1.807, 2.05) is 12.1 Å². The molecule has 1 aromatic carbocycles. The van der Waals surface area contributed by atoms with Crippen LogP contribution in [0.25, 0.3) is 0 Å². The van der Waals surface area contributed by atoms with E-state index in [4.69, 9.17) is 9.47 Å². The molecule has 0 aliphatic heterocycles. The van der Waals surface area contributed by atoms with E-state index < -0.39 is 6.10 Å². The van der Waals surface area contributed by atoms with Crippen molar-refractivity contribution in [2.45, 2.75) is 32.3 Å². The normalized spacial score (nSPS) is 17.8. The lowest BCUT2D eigenvalue weighted by atomic mass is 10.1. The lowest BCUT2D eigenvalue weighted by Gasteiger charge is -2.16. The molecule has 118 valence electrons. The molecule has 1 aromatic rings. The molecule has 0 spiro atoms. The minimum Gasteiger partial charge on any atom is -0.495 e. The van der Waals surface area contributed by atoms with Gasteiger partial charge in [-0.15, -0.1) is 0 Å². The highest BCUT2D eigenvalue weighted by atomic mass is 16.5. The second-order valence-corrected chi connectivity index (χ2v) is 5.29. The molecular weight excluding hydrogens is 282 g/mol. The van der Waals surface area contributed by atoms with Gasteiger partial charge in [0.2, 0.25) is 0 Å². The van der Waals surface area contributed by atoms with Crippen molar-refractivity contribution in [1.29, 1.82) is 0 Å². The molecular formula is C17H21NO4. The fourth-order valence-corrected chi connectivity index (χ4v) is 2.36. The summed E-state index contributed by atoms with van der Waals surface area (Å²) in [5.74, 6) is 0.0708. The van der Waals surface area contributed by atoms with Gasteiger partial charge in [0.1, 0.15) is 5.75 Å². The number of esters is 1. The lowest BCUT2D eigenvalue weighted by Crippen LogP contribution is -2.30. The lowest BCUT2D eigenvalue weighted by molar-refractivity contribution is -0.153. The number of benzene rings is 1. The third-order valence-corrected chi connectivity index (χ3v) is 3.58. The Morgan fingerprint density at radius 2 is 2.14 bits per heavy atom. The maximum absolute atomic E-state index is 12.1. The van der Waals surface area contributed by atoms with Crippen molar-refractivity contribution in [2.75, 3.05) is 12.4 Å². The molecule has 2 atom stereocenters. The topological polar surface area (TPSA) is 64.6 Å².